The van der Waals surface area contributed by atoms with Gasteiger partial charge in [0.1, 0.15) is 4.88 Å². The van der Waals surface area contributed by atoms with E-state index in [1.165, 1.54) is 0 Å². The van der Waals surface area contributed by atoms with Gasteiger partial charge in [-0.15, -0.1) is 11.3 Å². The molecule has 0 aliphatic carbocycles. The molecule has 0 atom stereocenters. The summed E-state index contributed by atoms with van der Waals surface area (Å²) in [7, 11) is 1.66. The number of rotatable bonds is 2. The van der Waals surface area contributed by atoms with Gasteiger partial charge >= 0.3 is 5.97 Å². The van der Waals surface area contributed by atoms with Crippen LogP contribution in [-0.2, 0) is 0 Å². The molecule has 0 saturated carbocycles. The van der Waals surface area contributed by atoms with Crippen molar-refractivity contribution < 1.29 is 9.90 Å². The summed E-state index contributed by atoms with van der Waals surface area (Å²) >= 11 is 6.65. The van der Waals surface area contributed by atoms with Crippen molar-refractivity contribution in [3.05, 3.63) is 15.3 Å². The van der Waals surface area contributed by atoms with E-state index in [-0.39, 0.29) is 4.88 Å². The van der Waals surface area contributed by atoms with Crippen molar-refractivity contribution in [1.29, 1.82) is 0 Å². The molecule has 0 aliphatic rings. The van der Waals surface area contributed by atoms with Crippen LogP contribution in [0, 0.1) is 0 Å². The second-order valence-corrected chi connectivity index (χ2v) is 3.53. The van der Waals surface area contributed by atoms with Crippen molar-refractivity contribution in [3.63, 3.8) is 0 Å². The number of aromatic carboxylic acids is 1. The maximum atomic E-state index is 10.5. The van der Waals surface area contributed by atoms with Gasteiger partial charge in [0.15, 0.2) is 0 Å². The summed E-state index contributed by atoms with van der Waals surface area (Å²) in [6.07, 6.45) is 0. The molecule has 0 unspecified atom stereocenters. The van der Waals surface area contributed by atoms with Gasteiger partial charge in [-0.2, -0.15) is 0 Å². The molecule has 0 amide bonds. The predicted octanol–water partition coefficient (Wildman–Crippen LogP) is 2.14. The summed E-state index contributed by atoms with van der Waals surface area (Å²) < 4.78 is 0.478. The largest absolute Gasteiger partial charge is 0.477 e. The van der Waals surface area contributed by atoms with Crippen molar-refractivity contribution in [2.24, 2.45) is 0 Å². The maximum absolute atomic E-state index is 10.5. The number of halogens is 1. The first-order chi connectivity index (χ1) is 5.15. The molecule has 0 aliphatic heterocycles. The van der Waals surface area contributed by atoms with Crippen molar-refractivity contribution in [2.45, 2.75) is 0 Å². The van der Waals surface area contributed by atoms with Crippen molar-refractivity contribution in [2.75, 3.05) is 12.4 Å². The Kier molecular flexibility index (Phi) is 2.36. The fourth-order valence-electron chi connectivity index (χ4n) is 0.706. The summed E-state index contributed by atoms with van der Waals surface area (Å²) in [5.74, 6) is -0.953. The number of nitrogens with one attached hydrogen (secondary N) is 1. The molecule has 1 aromatic heterocycles. The number of hydrogen-bond acceptors (Lipinski definition) is 3. The fraction of sp³-hybridized carbons (Fsp3) is 0.167. The van der Waals surface area contributed by atoms with Crippen LogP contribution in [0.4, 0.5) is 5.69 Å². The molecule has 1 rings (SSSR count). The molecular weight excluding hydrogens is 186 g/mol. The van der Waals surface area contributed by atoms with Crippen LogP contribution in [0.1, 0.15) is 9.67 Å². The Morgan fingerprint density at radius 3 is 2.82 bits per heavy atom. The van der Waals surface area contributed by atoms with Crippen molar-refractivity contribution in [3.8, 4) is 0 Å². The Hall–Kier alpha value is -0.740. The fourth-order valence-corrected chi connectivity index (χ4v) is 1.78. The van der Waals surface area contributed by atoms with E-state index >= 15 is 0 Å². The first-order valence-electron chi connectivity index (χ1n) is 2.85. The van der Waals surface area contributed by atoms with Crippen LogP contribution < -0.4 is 5.32 Å². The van der Waals surface area contributed by atoms with Crippen LogP contribution in [0.25, 0.3) is 0 Å². The summed E-state index contributed by atoms with van der Waals surface area (Å²) in [6.45, 7) is 0. The Bertz CT molecular complexity index is 284. The summed E-state index contributed by atoms with van der Waals surface area (Å²) in [4.78, 5) is 10.8. The lowest BCUT2D eigenvalue weighted by Crippen LogP contribution is -1.97. The van der Waals surface area contributed by atoms with E-state index in [0.29, 0.717) is 10.0 Å². The lowest BCUT2D eigenvalue weighted by atomic mass is 10.4. The minimum absolute atomic E-state index is 0.248. The standard InChI is InChI=1S/C6H6ClNO2S/c1-8-3-2-4(7)11-5(3)6(9)10/h2,8H,1H3,(H,9,10). The first-order valence-corrected chi connectivity index (χ1v) is 4.05. The second-order valence-electron chi connectivity index (χ2n) is 1.85. The van der Waals surface area contributed by atoms with Crippen molar-refractivity contribution >= 4 is 34.6 Å². The van der Waals surface area contributed by atoms with E-state index in [1.54, 1.807) is 13.1 Å². The highest BCUT2D eigenvalue weighted by Gasteiger charge is 2.12. The number of carboxylic acids is 1. The topological polar surface area (TPSA) is 49.3 Å². The summed E-state index contributed by atoms with van der Waals surface area (Å²) in [5, 5.41) is 11.4. The van der Waals surface area contributed by atoms with Crippen LogP contribution >= 0.6 is 22.9 Å². The van der Waals surface area contributed by atoms with Gasteiger partial charge in [0.25, 0.3) is 0 Å². The summed E-state index contributed by atoms with van der Waals surface area (Å²) in [5.41, 5.74) is 0.563. The third kappa shape index (κ3) is 1.64. The highest BCUT2D eigenvalue weighted by atomic mass is 35.5. The van der Waals surface area contributed by atoms with Gasteiger partial charge in [0, 0.05) is 7.05 Å². The molecule has 3 nitrogen and oxygen atoms in total. The van der Waals surface area contributed by atoms with Gasteiger partial charge in [-0.3, -0.25) is 0 Å². The van der Waals surface area contributed by atoms with Gasteiger partial charge in [-0.25, -0.2) is 4.79 Å². The molecule has 0 aromatic carbocycles. The van der Waals surface area contributed by atoms with Crippen LogP contribution in [0.3, 0.4) is 0 Å². The average molecular weight is 192 g/mol. The highest BCUT2D eigenvalue weighted by molar-refractivity contribution is 7.18. The Balaban J connectivity index is 3.12. The lowest BCUT2D eigenvalue weighted by molar-refractivity contribution is 0.0703. The number of carbonyl (C=O) groups is 1. The van der Waals surface area contributed by atoms with Gasteiger partial charge in [-0.05, 0) is 6.07 Å². The summed E-state index contributed by atoms with van der Waals surface area (Å²) in [6, 6.07) is 1.59. The molecule has 0 bridgehead atoms. The molecule has 1 heterocycles. The number of carboxylic acid groups (broad SMARTS) is 1. The molecule has 0 radical (unpaired) electrons. The van der Waals surface area contributed by atoms with E-state index in [4.69, 9.17) is 16.7 Å². The van der Waals surface area contributed by atoms with E-state index in [1.807, 2.05) is 0 Å². The van der Waals surface area contributed by atoms with Gasteiger partial charge < -0.3 is 10.4 Å². The second kappa shape index (κ2) is 3.11. The van der Waals surface area contributed by atoms with Gasteiger partial charge in [0.2, 0.25) is 0 Å². The van der Waals surface area contributed by atoms with Crippen molar-refractivity contribution in [1.82, 2.24) is 0 Å². The molecule has 11 heavy (non-hydrogen) atoms. The van der Waals surface area contributed by atoms with Crippen LogP contribution in [-0.4, -0.2) is 18.1 Å². The normalized spacial score (nSPS) is 9.64. The molecule has 60 valence electrons. The minimum atomic E-state index is -0.953. The van der Waals surface area contributed by atoms with Crippen LogP contribution in [0.15, 0.2) is 6.07 Å². The molecule has 0 spiro atoms. The molecule has 2 N–H and O–H groups in total. The Morgan fingerprint density at radius 1 is 1.82 bits per heavy atom. The molecule has 0 fully saturated rings. The third-order valence-electron chi connectivity index (χ3n) is 1.17. The van der Waals surface area contributed by atoms with E-state index < -0.39 is 5.97 Å². The number of thiophene rings is 1. The monoisotopic (exact) mass is 191 g/mol. The lowest BCUT2D eigenvalue weighted by Gasteiger charge is -1.94. The Morgan fingerprint density at radius 2 is 2.45 bits per heavy atom. The zero-order valence-corrected chi connectivity index (χ0v) is 7.29. The smallest absolute Gasteiger partial charge is 0.348 e. The predicted molar refractivity (Wildman–Crippen MR) is 45.8 cm³/mol. The van der Waals surface area contributed by atoms with E-state index in [9.17, 15) is 4.79 Å². The minimum Gasteiger partial charge on any atom is -0.477 e. The quantitative estimate of drug-likeness (QED) is 0.753. The SMILES string of the molecule is CNc1cc(Cl)sc1C(=O)O. The van der Waals surface area contributed by atoms with Crippen LogP contribution in [0.5, 0.6) is 0 Å². The van der Waals surface area contributed by atoms with E-state index in [0.717, 1.165) is 11.3 Å². The number of hydrogen-bond donors (Lipinski definition) is 2. The highest BCUT2D eigenvalue weighted by Crippen LogP contribution is 2.30. The average Bonchev–Trinajstić information content (AvgIpc) is 2.30. The third-order valence-corrected chi connectivity index (χ3v) is 2.42. The van der Waals surface area contributed by atoms with Gasteiger partial charge in [-0.1, -0.05) is 11.6 Å². The Labute approximate surface area is 72.6 Å². The molecule has 1 aromatic rings. The van der Waals surface area contributed by atoms with Crippen LogP contribution in [0.2, 0.25) is 4.34 Å². The zero-order chi connectivity index (χ0) is 8.43. The van der Waals surface area contributed by atoms with Gasteiger partial charge in [0.05, 0.1) is 10.0 Å². The maximum Gasteiger partial charge on any atom is 0.348 e. The van der Waals surface area contributed by atoms with E-state index in [2.05, 4.69) is 5.32 Å². The molecule has 5 heteroatoms. The molecule has 0 saturated heterocycles. The number of anilines is 1. The first kappa shape index (κ1) is 8.36. The zero-order valence-electron chi connectivity index (χ0n) is 5.72. The molecular formula is C6H6ClNO2S.